The SMILES string of the molecule is CC(C)c1c[c]c(Cl)c(SC(F)(F)F)c1. The fraction of sp³-hybridized carbons (Fsp3) is 0.400. The third kappa shape index (κ3) is 3.95. The summed E-state index contributed by atoms with van der Waals surface area (Å²) in [4.78, 5) is 0.00960. The molecule has 0 aromatic heterocycles. The van der Waals surface area contributed by atoms with Crippen molar-refractivity contribution in [2.24, 2.45) is 0 Å². The average molecular weight is 254 g/mol. The van der Waals surface area contributed by atoms with Gasteiger partial charge in [-0.25, -0.2) is 0 Å². The highest BCUT2D eigenvalue weighted by Gasteiger charge is 2.30. The smallest absolute Gasteiger partial charge is 0.160 e. The lowest BCUT2D eigenvalue weighted by Gasteiger charge is -2.10. The summed E-state index contributed by atoms with van der Waals surface area (Å²) in [5.74, 6) is 0.158. The minimum atomic E-state index is -4.31. The van der Waals surface area contributed by atoms with Crippen molar-refractivity contribution in [2.75, 3.05) is 0 Å². The van der Waals surface area contributed by atoms with Gasteiger partial charge in [-0.1, -0.05) is 25.4 Å². The Kier molecular flexibility index (Phi) is 3.95. The Morgan fingerprint density at radius 3 is 2.47 bits per heavy atom. The van der Waals surface area contributed by atoms with E-state index in [0.717, 1.165) is 5.56 Å². The summed E-state index contributed by atoms with van der Waals surface area (Å²) in [5, 5.41) is 0.0155. The van der Waals surface area contributed by atoms with Crippen LogP contribution in [0.4, 0.5) is 13.2 Å². The van der Waals surface area contributed by atoms with Crippen molar-refractivity contribution < 1.29 is 13.2 Å². The highest BCUT2D eigenvalue weighted by molar-refractivity contribution is 8.00. The quantitative estimate of drug-likeness (QED) is 0.677. The second-order valence-corrected chi connectivity index (χ2v) is 4.80. The maximum absolute atomic E-state index is 12.1. The molecule has 0 saturated carbocycles. The van der Waals surface area contributed by atoms with Gasteiger partial charge in [0.15, 0.2) is 0 Å². The van der Waals surface area contributed by atoms with Crippen LogP contribution in [0.15, 0.2) is 17.0 Å². The van der Waals surface area contributed by atoms with Crippen molar-refractivity contribution in [3.63, 3.8) is 0 Å². The molecule has 0 aliphatic carbocycles. The molecule has 0 aliphatic rings. The lowest BCUT2D eigenvalue weighted by atomic mass is 10.0. The Labute approximate surface area is 95.8 Å². The van der Waals surface area contributed by atoms with Gasteiger partial charge in [0.1, 0.15) is 0 Å². The summed E-state index contributed by atoms with van der Waals surface area (Å²) < 4.78 is 36.4. The average Bonchev–Trinajstić information content (AvgIpc) is 2.06. The van der Waals surface area contributed by atoms with Gasteiger partial charge in [0, 0.05) is 11.0 Å². The first kappa shape index (κ1) is 12.7. The van der Waals surface area contributed by atoms with E-state index in [1.807, 2.05) is 13.8 Å². The van der Waals surface area contributed by atoms with Gasteiger partial charge in [0.05, 0.1) is 5.02 Å². The van der Waals surface area contributed by atoms with Gasteiger partial charge in [-0.05, 0) is 35.4 Å². The molecule has 0 aliphatic heterocycles. The molecule has 0 fully saturated rings. The summed E-state index contributed by atoms with van der Waals surface area (Å²) in [5.41, 5.74) is -3.52. The van der Waals surface area contributed by atoms with Gasteiger partial charge < -0.3 is 0 Å². The zero-order chi connectivity index (χ0) is 11.6. The lowest BCUT2D eigenvalue weighted by molar-refractivity contribution is -0.0328. The number of rotatable bonds is 2. The molecule has 0 bridgehead atoms. The number of thioether (sulfide) groups is 1. The highest BCUT2D eigenvalue weighted by atomic mass is 35.5. The van der Waals surface area contributed by atoms with E-state index < -0.39 is 5.51 Å². The Morgan fingerprint density at radius 1 is 1.40 bits per heavy atom. The molecule has 0 N–H and O–H groups in total. The molecule has 83 valence electrons. The molecule has 1 radical (unpaired) electrons. The largest absolute Gasteiger partial charge is 0.446 e. The molecule has 0 nitrogen and oxygen atoms in total. The lowest BCUT2D eigenvalue weighted by Crippen LogP contribution is -2.00. The number of alkyl halides is 3. The summed E-state index contributed by atoms with van der Waals surface area (Å²) >= 11 is 5.43. The Balaban J connectivity index is 3.01. The summed E-state index contributed by atoms with van der Waals surface area (Å²) in [7, 11) is 0. The second kappa shape index (κ2) is 4.66. The highest BCUT2D eigenvalue weighted by Crippen LogP contribution is 2.40. The molecule has 0 unspecified atom stereocenters. The van der Waals surface area contributed by atoms with Crippen LogP contribution in [0.3, 0.4) is 0 Å². The Bertz CT molecular complexity index is 347. The molecular formula is C10H9ClF3S. The van der Waals surface area contributed by atoms with Crippen LogP contribution in [-0.4, -0.2) is 5.51 Å². The first-order valence-corrected chi connectivity index (χ1v) is 5.46. The van der Waals surface area contributed by atoms with Crippen LogP contribution in [0.2, 0.25) is 5.02 Å². The van der Waals surface area contributed by atoms with E-state index in [2.05, 4.69) is 6.07 Å². The van der Waals surface area contributed by atoms with E-state index >= 15 is 0 Å². The maximum atomic E-state index is 12.1. The summed E-state index contributed by atoms with van der Waals surface area (Å²) in [6.07, 6.45) is 0. The predicted octanol–water partition coefficient (Wildman–Crippen LogP) is 4.88. The summed E-state index contributed by atoms with van der Waals surface area (Å²) in [6.45, 7) is 3.80. The molecule has 1 aromatic rings. The first-order chi connectivity index (χ1) is 6.79. The van der Waals surface area contributed by atoms with Gasteiger partial charge in [0.2, 0.25) is 0 Å². The molecule has 0 saturated heterocycles. The molecule has 1 aromatic carbocycles. The molecule has 1 rings (SSSR count). The Morgan fingerprint density at radius 2 is 2.00 bits per heavy atom. The van der Waals surface area contributed by atoms with Crippen molar-refractivity contribution >= 4 is 23.4 Å². The number of halogens is 4. The van der Waals surface area contributed by atoms with Crippen molar-refractivity contribution in [2.45, 2.75) is 30.2 Å². The minimum Gasteiger partial charge on any atom is -0.160 e. The van der Waals surface area contributed by atoms with Crippen molar-refractivity contribution in [1.82, 2.24) is 0 Å². The zero-order valence-electron chi connectivity index (χ0n) is 8.15. The first-order valence-electron chi connectivity index (χ1n) is 4.26. The molecule has 0 heterocycles. The van der Waals surface area contributed by atoms with Crippen LogP contribution in [0.5, 0.6) is 0 Å². The molecule has 15 heavy (non-hydrogen) atoms. The van der Waals surface area contributed by atoms with Gasteiger partial charge in [-0.15, -0.1) is 0 Å². The number of hydrogen-bond acceptors (Lipinski definition) is 1. The van der Waals surface area contributed by atoms with Gasteiger partial charge in [0.25, 0.3) is 0 Å². The third-order valence-electron chi connectivity index (χ3n) is 1.77. The maximum Gasteiger partial charge on any atom is 0.446 e. The molecular weight excluding hydrogens is 245 g/mol. The number of benzene rings is 1. The fourth-order valence-corrected chi connectivity index (χ4v) is 1.82. The van der Waals surface area contributed by atoms with Crippen LogP contribution < -0.4 is 0 Å². The van der Waals surface area contributed by atoms with Gasteiger partial charge in [-0.3, -0.25) is 0 Å². The standard InChI is InChI=1S/C10H9ClF3S/c1-6(2)7-3-4-8(11)9(5-7)15-10(12,13)14/h3,5-6H,1-2H3. The van der Waals surface area contributed by atoms with E-state index in [0.29, 0.717) is 0 Å². The van der Waals surface area contributed by atoms with Crippen LogP contribution in [0, 0.1) is 6.07 Å². The minimum absolute atomic E-state index is 0.00960. The Hall–Kier alpha value is -0.350. The molecule has 0 amide bonds. The van der Waals surface area contributed by atoms with Crippen molar-refractivity contribution in [3.8, 4) is 0 Å². The topological polar surface area (TPSA) is 0 Å². The number of hydrogen-bond donors (Lipinski definition) is 0. The molecule has 5 heteroatoms. The third-order valence-corrected chi connectivity index (χ3v) is 2.97. The van der Waals surface area contributed by atoms with Crippen LogP contribution in [0.1, 0.15) is 25.3 Å². The van der Waals surface area contributed by atoms with Gasteiger partial charge >= 0.3 is 5.51 Å². The van der Waals surface area contributed by atoms with E-state index in [1.54, 1.807) is 6.07 Å². The fourth-order valence-electron chi connectivity index (χ4n) is 1.01. The van der Waals surface area contributed by atoms with Crippen molar-refractivity contribution in [1.29, 1.82) is 0 Å². The van der Waals surface area contributed by atoms with E-state index in [1.165, 1.54) is 6.07 Å². The second-order valence-electron chi connectivity index (χ2n) is 3.31. The van der Waals surface area contributed by atoms with Crippen LogP contribution >= 0.6 is 23.4 Å². The monoisotopic (exact) mass is 253 g/mol. The predicted molar refractivity (Wildman–Crippen MR) is 56.3 cm³/mol. The zero-order valence-corrected chi connectivity index (χ0v) is 9.72. The van der Waals surface area contributed by atoms with Gasteiger partial charge in [-0.2, -0.15) is 13.2 Å². The van der Waals surface area contributed by atoms with Crippen LogP contribution in [-0.2, 0) is 0 Å². The normalized spacial score (nSPS) is 12.2. The molecule has 0 atom stereocenters. The van der Waals surface area contributed by atoms with Crippen LogP contribution in [0.25, 0.3) is 0 Å². The molecule has 0 spiro atoms. The van der Waals surface area contributed by atoms with Crippen molar-refractivity contribution in [3.05, 3.63) is 28.8 Å². The van der Waals surface area contributed by atoms with E-state index in [9.17, 15) is 13.2 Å². The summed E-state index contributed by atoms with van der Waals surface area (Å²) in [6, 6.07) is 5.70. The van der Waals surface area contributed by atoms with E-state index in [4.69, 9.17) is 11.6 Å². The van der Waals surface area contributed by atoms with E-state index in [-0.39, 0.29) is 27.6 Å².